The quantitative estimate of drug-likeness (QED) is 0.184. The number of benzene rings is 2. The first-order valence-electron chi connectivity index (χ1n) is 14.4. The Morgan fingerprint density at radius 1 is 1.02 bits per heavy atom. The topological polar surface area (TPSA) is 80.8 Å². The van der Waals surface area contributed by atoms with Crippen LogP contribution in [0.1, 0.15) is 74.7 Å². The predicted octanol–water partition coefficient (Wildman–Crippen LogP) is 7.78. The summed E-state index contributed by atoms with van der Waals surface area (Å²) in [6.45, 7) is 7.36. The highest BCUT2D eigenvalue weighted by Gasteiger charge is 2.30. The second kappa shape index (κ2) is 14.4. The van der Waals surface area contributed by atoms with Gasteiger partial charge in [0.05, 0.1) is 42.4 Å². The van der Waals surface area contributed by atoms with Gasteiger partial charge in [0, 0.05) is 12.6 Å². The maximum Gasteiger partial charge on any atom is 0.338 e. The molecular formula is C33H40ClN3O4. The van der Waals surface area contributed by atoms with Crippen LogP contribution >= 0.6 is 11.6 Å². The van der Waals surface area contributed by atoms with Crippen LogP contribution in [0.15, 0.2) is 66.9 Å². The number of aromatic nitrogens is 1. The second-order valence-electron chi connectivity index (χ2n) is 11.2. The van der Waals surface area contributed by atoms with Gasteiger partial charge in [-0.1, -0.05) is 56.6 Å². The fraction of sp³-hybridized carbons (Fsp3) is 0.424. The number of anilines is 3. The molecule has 218 valence electrons. The molecule has 0 unspecified atom stereocenters. The number of hydrogen-bond donors (Lipinski definition) is 1. The van der Waals surface area contributed by atoms with Gasteiger partial charge in [-0.2, -0.15) is 0 Å². The molecule has 2 aromatic carbocycles. The molecule has 1 aliphatic rings. The standard InChI is InChI=1S/C33H40ClN3O4/c1-22(2)21-37(27-12-14-28(15-13-27)41-33(39)24-8-6-5-7-9-24)30-16-10-25(23(3)18-32(38)40-4)19-29(30)36-26-11-17-31(34)35-20-26/h5-11,16-17,19-20,22-23,27-28,36H,12-15,18,21H2,1-4H3/t23-,27-,28+/m1/s1. The van der Waals surface area contributed by atoms with Gasteiger partial charge in [-0.15, -0.1) is 0 Å². The van der Waals surface area contributed by atoms with Crippen molar-refractivity contribution in [2.45, 2.75) is 70.9 Å². The summed E-state index contributed by atoms with van der Waals surface area (Å²) in [4.78, 5) is 31.3. The number of rotatable bonds is 11. The van der Waals surface area contributed by atoms with Gasteiger partial charge in [-0.05, 0) is 79.5 Å². The molecule has 1 heterocycles. The van der Waals surface area contributed by atoms with Crippen molar-refractivity contribution >= 4 is 40.6 Å². The van der Waals surface area contributed by atoms with Crippen LogP contribution in [0.4, 0.5) is 17.1 Å². The highest BCUT2D eigenvalue weighted by molar-refractivity contribution is 6.29. The summed E-state index contributed by atoms with van der Waals surface area (Å²) in [5.41, 5.74) is 4.50. The zero-order valence-corrected chi connectivity index (χ0v) is 25.1. The largest absolute Gasteiger partial charge is 0.469 e. The van der Waals surface area contributed by atoms with E-state index in [1.165, 1.54) is 7.11 Å². The van der Waals surface area contributed by atoms with Gasteiger partial charge in [-0.25, -0.2) is 9.78 Å². The maximum absolute atomic E-state index is 12.6. The number of carbonyl (C=O) groups is 2. The smallest absolute Gasteiger partial charge is 0.338 e. The lowest BCUT2D eigenvalue weighted by Crippen LogP contribution is -2.42. The van der Waals surface area contributed by atoms with E-state index in [9.17, 15) is 9.59 Å². The lowest BCUT2D eigenvalue weighted by Gasteiger charge is -2.40. The van der Waals surface area contributed by atoms with Crippen molar-refractivity contribution in [2.75, 3.05) is 23.9 Å². The minimum absolute atomic E-state index is 0.00585. The Balaban J connectivity index is 1.57. The van der Waals surface area contributed by atoms with Crippen LogP contribution < -0.4 is 10.2 Å². The fourth-order valence-corrected chi connectivity index (χ4v) is 5.48. The van der Waals surface area contributed by atoms with E-state index in [1.807, 2.05) is 31.2 Å². The van der Waals surface area contributed by atoms with Crippen LogP contribution in [0.5, 0.6) is 0 Å². The Labute approximate surface area is 248 Å². The molecule has 0 aliphatic heterocycles. The van der Waals surface area contributed by atoms with Crippen LogP contribution in [-0.2, 0) is 14.3 Å². The molecule has 7 nitrogen and oxygen atoms in total. The molecule has 8 heteroatoms. The van der Waals surface area contributed by atoms with E-state index in [0.29, 0.717) is 29.1 Å². The van der Waals surface area contributed by atoms with E-state index in [0.717, 1.165) is 54.9 Å². The van der Waals surface area contributed by atoms with E-state index >= 15 is 0 Å². The minimum Gasteiger partial charge on any atom is -0.469 e. The van der Waals surface area contributed by atoms with Crippen molar-refractivity contribution in [1.29, 1.82) is 0 Å². The molecule has 0 radical (unpaired) electrons. The average molecular weight is 578 g/mol. The molecule has 1 aliphatic carbocycles. The summed E-state index contributed by atoms with van der Waals surface area (Å²) in [6.07, 6.45) is 5.41. The zero-order chi connectivity index (χ0) is 29.4. The lowest BCUT2D eigenvalue weighted by molar-refractivity contribution is -0.140. The molecule has 0 amide bonds. The number of esters is 2. The first-order valence-corrected chi connectivity index (χ1v) is 14.7. The number of halogens is 1. The van der Waals surface area contributed by atoms with Crippen molar-refractivity contribution < 1.29 is 19.1 Å². The van der Waals surface area contributed by atoms with Crippen LogP contribution in [-0.4, -0.2) is 42.7 Å². The second-order valence-corrected chi connectivity index (χ2v) is 11.6. The van der Waals surface area contributed by atoms with E-state index < -0.39 is 0 Å². The van der Waals surface area contributed by atoms with Crippen molar-refractivity contribution in [3.8, 4) is 0 Å². The van der Waals surface area contributed by atoms with Gasteiger partial charge < -0.3 is 19.7 Å². The molecule has 1 saturated carbocycles. The van der Waals surface area contributed by atoms with Crippen LogP contribution in [0.25, 0.3) is 0 Å². The third kappa shape index (κ3) is 8.46. The summed E-state index contributed by atoms with van der Waals surface area (Å²) in [5.74, 6) is -0.0581. The zero-order valence-electron chi connectivity index (χ0n) is 24.3. The minimum atomic E-state index is -0.257. The molecule has 4 rings (SSSR count). The molecule has 1 atom stereocenters. The number of nitrogens with zero attached hydrogens (tertiary/aromatic N) is 2. The Kier molecular flexibility index (Phi) is 10.6. The molecule has 0 saturated heterocycles. The van der Waals surface area contributed by atoms with Crippen molar-refractivity contribution in [2.24, 2.45) is 5.92 Å². The summed E-state index contributed by atoms with van der Waals surface area (Å²) in [7, 11) is 1.42. The van der Waals surface area contributed by atoms with E-state index in [1.54, 1.807) is 24.4 Å². The Morgan fingerprint density at radius 2 is 1.76 bits per heavy atom. The number of hydrogen-bond acceptors (Lipinski definition) is 7. The third-order valence-corrected chi connectivity index (χ3v) is 7.76. The van der Waals surface area contributed by atoms with Gasteiger partial charge in [0.1, 0.15) is 11.3 Å². The molecule has 3 aromatic rings. The molecule has 1 N–H and O–H groups in total. The Hall–Kier alpha value is -3.58. The summed E-state index contributed by atoms with van der Waals surface area (Å²) < 4.78 is 10.8. The molecule has 0 spiro atoms. The normalized spacial score (nSPS) is 17.5. The van der Waals surface area contributed by atoms with Crippen molar-refractivity contribution in [1.82, 2.24) is 4.98 Å². The molecular weight excluding hydrogens is 538 g/mol. The predicted molar refractivity (Wildman–Crippen MR) is 164 cm³/mol. The Morgan fingerprint density at radius 3 is 2.39 bits per heavy atom. The van der Waals surface area contributed by atoms with Gasteiger partial charge in [0.15, 0.2) is 0 Å². The number of carbonyl (C=O) groups excluding carboxylic acids is 2. The Bertz CT molecular complexity index is 1290. The van der Waals surface area contributed by atoms with Crippen LogP contribution in [0.2, 0.25) is 5.15 Å². The first kappa shape index (κ1) is 30.4. The van der Waals surface area contributed by atoms with Crippen LogP contribution in [0, 0.1) is 5.92 Å². The van der Waals surface area contributed by atoms with E-state index in [2.05, 4.69) is 47.2 Å². The van der Waals surface area contributed by atoms with Crippen molar-refractivity contribution in [3.05, 3.63) is 83.1 Å². The highest BCUT2D eigenvalue weighted by Crippen LogP contribution is 2.38. The summed E-state index contributed by atoms with van der Waals surface area (Å²) in [5, 5.41) is 3.99. The number of methoxy groups -OCH3 is 1. The summed E-state index contributed by atoms with van der Waals surface area (Å²) in [6, 6.07) is 19.5. The molecule has 41 heavy (non-hydrogen) atoms. The highest BCUT2D eigenvalue weighted by atomic mass is 35.5. The van der Waals surface area contributed by atoms with Crippen LogP contribution in [0.3, 0.4) is 0 Å². The SMILES string of the molecule is COC(=O)C[C@@H](C)c1ccc(N(CC(C)C)[C@H]2CC[C@@H](OC(=O)c3ccccc3)CC2)c(Nc2ccc(Cl)nc2)c1. The van der Waals surface area contributed by atoms with Gasteiger partial charge in [-0.3, -0.25) is 4.79 Å². The number of nitrogens with one attached hydrogen (secondary N) is 1. The number of ether oxygens (including phenoxy) is 2. The van der Waals surface area contributed by atoms with Gasteiger partial charge >= 0.3 is 11.9 Å². The third-order valence-electron chi connectivity index (χ3n) is 7.54. The maximum atomic E-state index is 12.6. The number of pyridine rings is 1. The van der Waals surface area contributed by atoms with Gasteiger partial charge in [0.25, 0.3) is 0 Å². The summed E-state index contributed by atoms with van der Waals surface area (Å²) >= 11 is 6.04. The van der Waals surface area contributed by atoms with E-state index in [-0.39, 0.29) is 24.0 Å². The van der Waals surface area contributed by atoms with Gasteiger partial charge in [0.2, 0.25) is 0 Å². The lowest BCUT2D eigenvalue weighted by atomic mass is 9.90. The molecule has 0 bridgehead atoms. The first-order chi connectivity index (χ1) is 19.7. The monoisotopic (exact) mass is 577 g/mol. The van der Waals surface area contributed by atoms with E-state index in [4.69, 9.17) is 21.1 Å². The average Bonchev–Trinajstić information content (AvgIpc) is 2.98. The fourth-order valence-electron chi connectivity index (χ4n) is 5.37. The van der Waals surface area contributed by atoms with Crippen molar-refractivity contribution in [3.63, 3.8) is 0 Å². The molecule has 1 aromatic heterocycles. The molecule has 1 fully saturated rings.